The van der Waals surface area contributed by atoms with E-state index < -0.39 is 0 Å². The van der Waals surface area contributed by atoms with Crippen molar-refractivity contribution < 1.29 is 4.79 Å². The van der Waals surface area contributed by atoms with Crippen LogP contribution in [0.2, 0.25) is 0 Å². The molecule has 4 heterocycles. The van der Waals surface area contributed by atoms with Gasteiger partial charge in [0.15, 0.2) is 0 Å². The summed E-state index contributed by atoms with van der Waals surface area (Å²) in [7, 11) is 1.95. The van der Waals surface area contributed by atoms with E-state index in [0.29, 0.717) is 0 Å². The normalized spacial score (nSPS) is 17.4. The maximum atomic E-state index is 13.2. The minimum atomic E-state index is 0.123. The molecule has 2 aromatic heterocycles. The summed E-state index contributed by atoms with van der Waals surface area (Å²) in [5, 5.41) is 7.70. The van der Waals surface area contributed by atoms with Gasteiger partial charge >= 0.3 is 0 Å². The fraction of sp³-hybridized carbons (Fsp3) is 0.591. The first kappa shape index (κ1) is 19.9. The molecule has 0 unspecified atom stereocenters. The summed E-state index contributed by atoms with van der Waals surface area (Å²) in [6, 6.07) is 2.35. The van der Waals surface area contributed by atoms with Crippen LogP contribution in [-0.2, 0) is 26.4 Å². The summed E-state index contributed by atoms with van der Waals surface area (Å²) in [6.45, 7) is 8.73. The van der Waals surface area contributed by atoms with E-state index in [-0.39, 0.29) is 11.9 Å². The van der Waals surface area contributed by atoms with Crippen molar-refractivity contribution in [1.29, 1.82) is 0 Å². The Balaban J connectivity index is 1.56. The predicted molar refractivity (Wildman–Crippen MR) is 114 cm³/mol. The molecule has 4 rings (SSSR count). The number of pyridine rings is 1. The fourth-order valence-corrected chi connectivity index (χ4v) is 4.29. The number of amides is 1. The van der Waals surface area contributed by atoms with Crippen molar-refractivity contribution in [2.75, 3.05) is 31.5 Å². The minimum Gasteiger partial charge on any atom is -0.367 e. The van der Waals surface area contributed by atoms with Crippen molar-refractivity contribution in [3.05, 3.63) is 40.8 Å². The van der Waals surface area contributed by atoms with Crippen LogP contribution in [0, 0.1) is 0 Å². The average Bonchev–Trinajstić information content (AvgIpc) is 3.31. The third kappa shape index (κ3) is 4.61. The molecule has 0 bridgehead atoms. The number of aryl methyl sites for hydroxylation is 1. The van der Waals surface area contributed by atoms with Crippen LogP contribution in [0.3, 0.4) is 0 Å². The Kier molecular flexibility index (Phi) is 5.85. The highest BCUT2D eigenvalue weighted by atomic mass is 16.2. The number of carbonyl (C=O) groups excluding carboxylic acids is 1. The van der Waals surface area contributed by atoms with Crippen LogP contribution in [0.15, 0.2) is 18.5 Å². The summed E-state index contributed by atoms with van der Waals surface area (Å²) < 4.78 is 1.85. The molecule has 0 spiro atoms. The number of carbonyl (C=O) groups is 1. The van der Waals surface area contributed by atoms with Gasteiger partial charge < -0.3 is 10.2 Å². The number of likely N-dealkylation sites (tertiary alicyclic amines) is 1. The molecule has 2 aliphatic rings. The summed E-state index contributed by atoms with van der Waals surface area (Å²) in [5.41, 5.74) is 4.31. The van der Waals surface area contributed by atoms with E-state index in [2.05, 4.69) is 41.4 Å². The second-order valence-electron chi connectivity index (χ2n) is 8.59. The number of anilines is 1. The van der Waals surface area contributed by atoms with Gasteiger partial charge in [0.05, 0.1) is 11.8 Å². The zero-order valence-electron chi connectivity index (χ0n) is 17.8. The lowest BCUT2D eigenvalue weighted by Crippen LogP contribution is -2.29. The molecule has 0 aromatic carbocycles. The highest BCUT2D eigenvalue weighted by molar-refractivity contribution is 5.99. The molecule has 7 nitrogen and oxygen atoms in total. The van der Waals surface area contributed by atoms with E-state index in [1.165, 1.54) is 11.1 Å². The van der Waals surface area contributed by atoms with E-state index in [0.717, 1.165) is 75.5 Å². The molecular formula is C22H32N6O. The zero-order chi connectivity index (χ0) is 20.4. The fourth-order valence-electron chi connectivity index (χ4n) is 4.29. The van der Waals surface area contributed by atoms with E-state index in [4.69, 9.17) is 4.98 Å². The lowest BCUT2D eigenvalue weighted by molar-refractivity contribution is 0.0793. The summed E-state index contributed by atoms with van der Waals surface area (Å²) in [4.78, 5) is 22.5. The smallest absolute Gasteiger partial charge is 0.257 e. The molecule has 1 fully saturated rings. The first-order chi connectivity index (χ1) is 14.0. The molecule has 1 amide bonds. The summed E-state index contributed by atoms with van der Waals surface area (Å²) in [5.74, 6) is 0.869. The molecule has 0 radical (unpaired) electrons. The molecule has 0 saturated carbocycles. The number of hydrogen-bond acceptors (Lipinski definition) is 5. The highest BCUT2D eigenvalue weighted by Crippen LogP contribution is 2.25. The number of rotatable bonds is 5. The quantitative estimate of drug-likeness (QED) is 0.841. The van der Waals surface area contributed by atoms with Crippen LogP contribution in [0.1, 0.15) is 53.9 Å². The van der Waals surface area contributed by atoms with Gasteiger partial charge in [-0.15, -0.1) is 0 Å². The van der Waals surface area contributed by atoms with Crippen LogP contribution < -0.4 is 5.32 Å². The van der Waals surface area contributed by atoms with Gasteiger partial charge in [0.2, 0.25) is 0 Å². The Morgan fingerprint density at radius 1 is 1.17 bits per heavy atom. The van der Waals surface area contributed by atoms with E-state index in [1.807, 2.05) is 22.8 Å². The molecule has 1 N–H and O–H groups in total. The third-order valence-electron chi connectivity index (χ3n) is 5.77. The Hall–Kier alpha value is -2.41. The van der Waals surface area contributed by atoms with Gasteiger partial charge in [-0.2, -0.15) is 5.10 Å². The monoisotopic (exact) mass is 396 g/mol. The molecule has 0 aliphatic carbocycles. The van der Waals surface area contributed by atoms with E-state index in [1.54, 1.807) is 0 Å². The Labute approximate surface area is 173 Å². The highest BCUT2D eigenvalue weighted by Gasteiger charge is 2.26. The summed E-state index contributed by atoms with van der Waals surface area (Å²) >= 11 is 0. The minimum absolute atomic E-state index is 0.123. The Morgan fingerprint density at radius 3 is 2.62 bits per heavy atom. The number of hydrogen-bond donors (Lipinski definition) is 1. The Bertz CT molecular complexity index is 868. The maximum Gasteiger partial charge on any atom is 0.257 e. The lowest BCUT2D eigenvalue weighted by Gasteiger charge is -2.21. The van der Waals surface area contributed by atoms with E-state index in [9.17, 15) is 4.79 Å². The molecule has 29 heavy (non-hydrogen) atoms. The predicted octanol–water partition coefficient (Wildman–Crippen LogP) is 2.47. The summed E-state index contributed by atoms with van der Waals surface area (Å²) in [6.07, 6.45) is 8.04. The molecule has 7 heteroatoms. The molecule has 2 aliphatic heterocycles. The van der Waals surface area contributed by atoms with Crippen molar-refractivity contribution in [2.24, 2.45) is 7.05 Å². The second-order valence-corrected chi connectivity index (χ2v) is 8.59. The number of fused-ring (bicyclic) bond motifs is 1. The largest absolute Gasteiger partial charge is 0.367 e. The molecule has 1 saturated heterocycles. The zero-order valence-corrected chi connectivity index (χ0v) is 17.8. The van der Waals surface area contributed by atoms with Crippen molar-refractivity contribution in [2.45, 2.75) is 52.1 Å². The van der Waals surface area contributed by atoms with Gasteiger partial charge in [-0.25, -0.2) is 4.98 Å². The van der Waals surface area contributed by atoms with Crippen LogP contribution in [-0.4, -0.2) is 62.7 Å². The lowest BCUT2D eigenvalue weighted by atomic mass is 10.0. The van der Waals surface area contributed by atoms with Crippen LogP contribution in [0.25, 0.3) is 0 Å². The SMILES string of the molecule is CC(C)Nc1nc2c(cc1C(=O)N1CCCC1)CCN(Cc1cnn(C)c1)CC2. The van der Waals surface area contributed by atoms with Crippen molar-refractivity contribution in [3.63, 3.8) is 0 Å². The topological polar surface area (TPSA) is 66.3 Å². The first-order valence-electron chi connectivity index (χ1n) is 10.8. The van der Waals surface area contributed by atoms with Crippen molar-refractivity contribution in [3.8, 4) is 0 Å². The van der Waals surface area contributed by atoms with Gasteiger partial charge in [0.1, 0.15) is 5.82 Å². The molecular weight excluding hydrogens is 364 g/mol. The standard InChI is InChI=1S/C22H32N6O/c1-16(2)24-21-19(22(29)28-8-4-5-9-28)12-18-6-10-27(11-7-20(18)25-21)15-17-13-23-26(3)14-17/h12-14,16H,4-11,15H2,1-3H3,(H,24,25). The van der Waals surface area contributed by atoms with Crippen molar-refractivity contribution in [1.82, 2.24) is 24.6 Å². The van der Waals surface area contributed by atoms with Gasteiger partial charge in [-0.1, -0.05) is 0 Å². The van der Waals surface area contributed by atoms with Gasteiger partial charge in [-0.3, -0.25) is 14.4 Å². The number of nitrogens with one attached hydrogen (secondary N) is 1. The first-order valence-corrected chi connectivity index (χ1v) is 10.8. The second kappa shape index (κ2) is 8.53. The maximum absolute atomic E-state index is 13.2. The Morgan fingerprint density at radius 2 is 1.93 bits per heavy atom. The van der Waals surface area contributed by atoms with Crippen LogP contribution in [0.4, 0.5) is 5.82 Å². The van der Waals surface area contributed by atoms with Crippen LogP contribution in [0.5, 0.6) is 0 Å². The third-order valence-corrected chi connectivity index (χ3v) is 5.77. The average molecular weight is 397 g/mol. The molecule has 0 atom stereocenters. The van der Waals surface area contributed by atoms with Crippen molar-refractivity contribution >= 4 is 11.7 Å². The van der Waals surface area contributed by atoms with Gasteiger partial charge in [0.25, 0.3) is 5.91 Å². The van der Waals surface area contributed by atoms with Gasteiger partial charge in [-0.05, 0) is 44.7 Å². The van der Waals surface area contributed by atoms with Gasteiger partial charge in [0, 0.05) is 69.7 Å². The molecule has 2 aromatic rings. The number of nitrogens with zero attached hydrogens (tertiary/aromatic N) is 5. The number of aromatic nitrogens is 3. The van der Waals surface area contributed by atoms with Crippen LogP contribution >= 0.6 is 0 Å². The van der Waals surface area contributed by atoms with E-state index >= 15 is 0 Å². The molecule has 156 valence electrons.